The van der Waals surface area contributed by atoms with E-state index < -0.39 is 0 Å². The molecule has 0 aliphatic heterocycles. The van der Waals surface area contributed by atoms with E-state index in [1.54, 1.807) is 7.11 Å². The minimum atomic E-state index is -0.0846. The lowest BCUT2D eigenvalue weighted by Gasteiger charge is -2.45. The maximum Gasteiger partial charge on any atom is 0.118 e. The number of benzene rings is 1. The molecule has 2 fully saturated rings. The second-order valence-corrected chi connectivity index (χ2v) is 8.47. The van der Waals surface area contributed by atoms with E-state index in [4.69, 9.17) is 4.74 Å². The Morgan fingerprint density at radius 2 is 1.96 bits per heavy atom. The molecular weight excluding hydrogens is 306 g/mol. The Labute approximate surface area is 153 Å². The molecule has 136 valence electrons. The van der Waals surface area contributed by atoms with Crippen LogP contribution in [0.15, 0.2) is 24.3 Å². The average molecular weight is 340 g/mol. The number of rotatable bonds is 6. The highest BCUT2D eigenvalue weighted by Gasteiger charge is 2.42. The van der Waals surface area contributed by atoms with E-state index in [1.165, 1.54) is 44.1 Å². The smallest absolute Gasteiger partial charge is 0.118 e. The molecular formula is C23H33NO. The Balaban J connectivity index is 1.58. The van der Waals surface area contributed by atoms with Crippen LogP contribution in [0.25, 0.3) is 0 Å². The van der Waals surface area contributed by atoms with Crippen LogP contribution < -0.4 is 4.74 Å². The van der Waals surface area contributed by atoms with Gasteiger partial charge in [-0.05, 0) is 80.4 Å². The number of ether oxygens (including phenoxy) is 1. The van der Waals surface area contributed by atoms with Crippen molar-refractivity contribution in [1.82, 2.24) is 0 Å². The Bertz CT molecular complexity index is 587. The summed E-state index contributed by atoms with van der Waals surface area (Å²) < 4.78 is 5.24. The van der Waals surface area contributed by atoms with E-state index in [0.717, 1.165) is 49.2 Å². The summed E-state index contributed by atoms with van der Waals surface area (Å²) in [4.78, 5) is 0. The highest BCUT2D eigenvalue weighted by atomic mass is 16.5. The molecule has 2 saturated carbocycles. The van der Waals surface area contributed by atoms with Crippen molar-refractivity contribution in [3.05, 3.63) is 29.8 Å². The fourth-order valence-corrected chi connectivity index (χ4v) is 5.34. The van der Waals surface area contributed by atoms with Crippen molar-refractivity contribution in [3.8, 4) is 11.8 Å². The van der Waals surface area contributed by atoms with Gasteiger partial charge >= 0.3 is 0 Å². The first-order valence-corrected chi connectivity index (χ1v) is 10.2. The number of nitrogens with zero attached hydrogens (tertiary/aromatic N) is 1. The van der Waals surface area contributed by atoms with Gasteiger partial charge in [0, 0.05) is 0 Å². The van der Waals surface area contributed by atoms with Gasteiger partial charge in [0.2, 0.25) is 0 Å². The SMILES string of the molecule is CCCC1CCC2CC(C#N)(CCc3ccc(OC)cc3)CCC2C1. The monoisotopic (exact) mass is 339 g/mol. The summed E-state index contributed by atoms with van der Waals surface area (Å²) in [6.45, 7) is 2.31. The molecule has 4 unspecified atom stereocenters. The maximum absolute atomic E-state index is 9.96. The van der Waals surface area contributed by atoms with Gasteiger partial charge in [-0.3, -0.25) is 0 Å². The molecule has 1 aromatic carbocycles. The number of aryl methyl sites for hydroxylation is 1. The Morgan fingerprint density at radius 1 is 1.16 bits per heavy atom. The highest BCUT2D eigenvalue weighted by Crippen LogP contribution is 2.51. The topological polar surface area (TPSA) is 33.0 Å². The third-order valence-corrected chi connectivity index (χ3v) is 6.88. The summed E-state index contributed by atoms with van der Waals surface area (Å²) in [7, 11) is 1.70. The fraction of sp³-hybridized carbons (Fsp3) is 0.696. The second-order valence-electron chi connectivity index (χ2n) is 8.47. The van der Waals surface area contributed by atoms with Gasteiger partial charge in [0.25, 0.3) is 0 Å². The predicted molar refractivity (Wildman–Crippen MR) is 102 cm³/mol. The molecule has 25 heavy (non-hydrogen) atoms. The van der Waals surface area contributed by atoms with E-state index in [2.05, 4.69) is 25.1 Å². The lowest BCUT2D eigenvalue weighted by Crippen LogP contribution is -2.37. The van der Waals surface area contributed by atoms with Crippen LogP contribution in [0.5, 0.6) is 5.75 Å². The molecule has 0 bridgehead atoms. The summed E-state index contributed by atoms with van der Waals surface area (Å²) in [5.41, 5.74) is 1.24. The Morgan fingerprint density at radius 3 is 2.64 bits per heavy atom. The lowest BCUT2D eigenvalue weighted by molar-refractivity contribution is 0.0634. The maximum atomic E-state index is 9.96. The summed E-state index contributed by atoms with van der Waals surface area (Å²) in [6, 6.07) is 11.1. The van der Waals surface area contributed by atoms with Gasteiger partial charge in [-0.15, -0.1) is 0 Å². The van der Waals surface area contributed by atoms with E-state index in [0.29, 0.717) is 0 Å². The number of hydrogen-bond acceptors (Lipinski definition) is 2. The van der Waals surface area contributed by atoms with Gasteiger partial charge in [0.05, 0.1) is 18.6 Å². The molecule has 2 aliphatic carbocycles. The number of hydrogen-bond donors (Lipinski definition) is 0. The third-order valence-electron chi connectivity index (χ3n) is 6.88. The zero-order valence-electron chi connectivity index (χ0n) is 16.0. The first kappa shape index (κ1) is 18.3. The van der Waals surface area contributed by atoms with Crippen LogP contribution in [0.4, 0.5) is 0 Å². The first-order valence-electron chi connectivity index (χ1n) is 10.2. The van der Waals surface area contributed by atoms with Gasteiger partial charge in [-0.2, -0.15) is 5.26 Å². The van der Waals surface area contributed by atoms with Crippen molar-refractivity contribution < 1.29 is 4.74 Å². The van der Waals surface area contributed by atoms with Crippen LogP contribution >= 0.6 is 0 Å². The van der Waals surface area contributed by atoms with Crippen molar-refractivity contribution in [1.29, 1.82) is 5.26 Å². The van der Waals surface area contributed by atoms with E-state index in [9.17, 15) is 5.26 Å². The summed E-state index contributed by atoms with van der Waals surface area (Å²) >= 11 is 0. The molecule has 1 aromatic rings. The standard InChI is InChI=1S/C23H33NO/c1-3-4-19-5-8-21-16-23(17-24,14-12-20(21)15-19)13-11-18-6-9-22(25-2)10-7-18/h6-7,9-10,19-21H,3-5,8,11-16H2,1-2H3. The summed E-state index contributed by atoms with van der Waals surface area (Å²) in [5, 5.41) is 9.96. The Kier molecular flexibility index (Phi) is 6.05. The van der Waals surface area contributed by atoms with Crippen LogP contribution in [0.3, 0.4) is 0 Å². The zero-order valence-corrected chi connectivity index (χ0v) is 16.0. The van der Waals surface area contributed by atoms with Crippen LogP contribution in [0, 0.1) is 34.5 Å². The molecule has 3 rings (SSSR count). The molecule has 0 radical (unpaired) electrons. The molecule has 0 heterocycles. The molecule has 2 heteroatoms. The molecule has 2 nitrogen and oxygen atoms in total. The minimum absolute atomic E-state index is 0.0846. The van der Waals surface area contributed by atoms with Gasteiger partial charge in [0.1, 0.15) is 5.75 Å². The minimum Gasteiger partial charge on any atom is -0.497 e. The highest BCUT2D eigenvalue weighted by molar-refractivity contribution is 5.27. The molecule has 0 aromatic heterocycles. The van der Waals surface area contributed by atoms with Crippen LogP contribution in [0.2, 0.25) is 0 Å². The second kappa shape index (κ2) is 8.26. The predicted octanol–water partition coefficient (Wildman–Crippen LogP) is 6.15. The molecule has 4 atom stereocenters. The van der Waals surface area contributed by atoms with E-state index in [1.807, 2.05) is 12.1 Å². The number of nitriles is 1. The van der Waals surface area contributed by atoms with Crippen molar-refractivity contribution in [2.24, 2.45) is 23.2 Å². The molecule has 0 spiro atoms. The molecule has 0 saturated heterocycles. The quantitative estimate of drug-likeness (QED) is 0.622. The van der Waals surface area contributed by atoms with Gasteiger partial charge in [-0.25, -0.2) is 0 Å². The van der Waals surface area contributed by atoms with Crippen molar-refractivity contribution in [3.63, 3.8) is 0 Å². The molecule has 2 aliphatic rings. The van der Waals surface area contributed by atoms with Crippen LogP contribution in [-0.4, -0.2) is 7.11 Å². The third kappa shape index (κ3) is 4.38. The van der Waals surface area contributed by atoms with E-state index in [-0.39, 0.29) is 5.41 Å². The van der Waals surface area contributed by atoms with E-state index >= 15 is 0 Å². The molecule has 0 N–H and O–H groups in total. The van der Waals surface area contributed by atoms with Crippen LogP contribution in [0.1, 0.15) is 70.3 Å². The van der Waals surface area contributed by atoms with Gasteiger partial charge in [-0.1, -0.05) is 38.3 Å². The number of fused-ring (bicyclic) bond motifs is 1. The lowest BCUT2D eigenvalue weighted by atomic mass is 9.58. The van der Waals surface area contributed by atoms with Crippen LogP contribution in [-0.2, 0) is 6.42 Å². The summed E-state index contributed by atoms with van der Waals surface area (Å²) in [5.74, 6) is 3.56. The normalized spacial score (nSPS) is 31.8. The molecule has 0 amide bonds. The number of methoxy groups -OCH3 is 1. The van der Waals surface area contributed by atoms with Crippen molar-refractivity contribution >= 4 is 0 Å². The fourth-order valence-electron chi connectivity index (χ4n) is 5.34. The first-order chi connectivity index (χ1) is 12.2. The van der Waals surface area contributed by atoms with Crippen molar-refractivity contribution in [2.45, 2.75) is 71.1 Å². The zero-order chi connectivity index (χ0) is 17.7. The van der Waals surface area contributed by atoms with Crippen molar-refractivity contribution in [2.75, 3.05) is 7.11 Å². The van der Waals surface area contributed by atoms with Gasteiger partial charge in [0.15, 0.2) is 0 Å². The summed E-state index contributed by atoms with van der Waals surface area (Å²) in [6.07, 6.45) is 12.5. The Hall–Kier alpha value is -1.49. The van der Waals surface area contributed by atoms with Gasteiger partial charge < -0.3 is 4.74 Å². The average Bonchev–Trinajstić information content (AvgIpc) is 2.67. The largest absolute Gasteiger partial charge is 0.497 e.